The first kappa shape index (κ1) is 24.4. The van der Waals surface area contributed by atoms with Crippen LogP contribution in [-0.2, 0) is 33.9 Å². The number of ketones is 1. The minimum atomic E-state index is -1.30. The molecule has 1 atom stereocenters. The van der Waals surface area contributed by atoms with Gasteiger partial charge >= 0.3 is 12.1 Å². The maximum absolute atomic E-state index is 12.6. The van der Waals surface area contributed by atoms with Crippen molar-refractivity contribution in [3.05, 3.63) is 71.8 Å². The summed E-state index contributed by atoms with van der Waals surface area (Å²) in [6.45, 7) is -0.361. The zero-order valence-electron chi connectivity index (χ0n) is 16.8. The molecule has 12 heteroatoms. The van der Waals surface area contributed by atoms with Crippen LogP contribution in [0.2, 0.25) is 0 Å². The Kier molecular flexibility index (Phi) is 9.23. The topological polar surface area (TPSA) is 149 Å². The number of rotatable bonds is 10. The lowest BCUT2D eigenvalue weighted by Gasteiger charge is -2.15. The van der Waals surface area contributed by atoms with Gasteiger partial charge in [-0.3, -0.25) is 14.6 Å². The molecule has 1 unspecified atom stereocenters. The summed E-state index contributed by atoms with van der Waals surface area (Å²) >= 11 is 0. The molecule has 168 valence electrons. The second kappa shape index (κ2) is 12.1. The monoisotopic (exact) mass is 460 g/mol. The number of pyridine rings is 1. The van der Waals surface area contributed by atoms with Crippen molar-refractivity contribution in [3.8, 4) is 0 Å². The first-order valence-electron chi connectivity index (χ1n) is 9.37. The van der Waals surface area contributed by atoms with Gasteiger partial charge in [0.15, 0.2) is 11.6 Å². The van der Waals surface area contributed by atoms with Gasteiger partial charge in [-0.1, -0.05) is 36.4 Å². The fourth-order valence-electron chi connectivity index (χ4n) is 2.68. The molecule has 1 aromatic carbocycles. The van der Waals surface area contributed by atoms with Gasteiger partial charge in [0, 0.05) is 18.8 Å². The van der Waals surface area contributed by atoms with Gasteiger partial charge in [-0.25, -0.2) is 4.79 Å². The van der Waals surface area contributed by atoms with Gasteiger partial charge in [-0.2, -0.15) is 4.80 Å². The lowest BCUT2D eigenvalue weighted by atomic mass is 10.1. The number of alkyl carbamates (subject to hydrolysis) is 1. The molecule has 11 nitrogen and oxygen atoms in total. The molecule has 0 radical (unpaired) electrons. The summed E-state index contributed by atoms with van der Waals surface area (Å²) in [7, 11) is 0. The summed E-state index contributed by atoms with van der Waals surface area (Å²) in [5.74, 6) is -1.46. The summed E-state index contributed by atoms with van der Waals surface area (Å²) in [5.41, 5.74) is 1.63. The van der Waals surface area contributed by atoms with Gasteiger partial charge in [-0.15, -0.1) is 22.6 Å². The van der Waals surface area contributed by atoms with E-state index >= 15 is 0 Å². The average molecular weight is 461 g/mol. The number of hydrogen-bond acceptors (Lipinski definition) is 8. The van der Waals surface area contributed by atoms with Gasteiger partial charge in [0.2, 0.25) is 0 Å². The third-order valence-electron chi connectivity index (χ3n) is 4.15. The van der Waals surface area contributed by atoms with Crippen LogP contribution < -0.4 is 5.32 Å². The summed E-state index contributed by atoms with van der Waals surface area (Å²) in [6.07, 6.45) is 2.19. The van der Waals surface area contributed by atoms with Crippen molar-refractivity contribution in [2.45, 2.75) is 32.0 Å². The van der Waals surface area contributed by atoms with Crippen molar-refractivity contribution in [1.29, 1.82) is 0 Å². The number of aromatic nitrogens is 5. The predicted octanol–water partition coefficient (Wildman–Crippen LogP) is 1.42. The maximum atomic E-state index is 12.6. The summed E-state index contributed by atoms with van der Waals surface area (Å²) in [5, 5.41) is 23.2. The van der Waals surface area contributed by atoms with Crippen LogP contribution in [0.5, 0.6) is 0 Å². The molecular formula is C20H21ClN6O5. The number of nitrogens with one attached hydrogen (secondary N) is 1. The number of hydrogen-bond donors (Lipinski definition) is 2. The molecule has 0 aliphatic rings. The van der Waals surface area contributed by atoms with Crippen LogP contribution >= 0.6 is 12.4 Å². The Morgan fingerprint density at radius 2 is 1.84 bits per heavy atom. The molecule has 0 saturated heterocycles. The largest absolute Gasteiger partial charge is 0.481 e. The number of carbonyl (C=O) groups excluding carboxylic acids is 2. The summed E-state index contributed by atoms with van der Waals surface area (Å²) < 4.78 is 5.06. The molecule has 0 aliphatic carbocycles. The highest BCUT2D eigenvalue weighted by Crippen LogP contribution is 2.04. The van der Waals surface area contributed by atoms with E-state index in [1.165, 1.54) is 0 Å². The number of carboxylic acid groups (broad SMARTS) is 1. The van der Waals surface area contributed by atoms with Crippen LogP contribution in [0, 0.1) is 0 Å². The highest BCUT2D eigenvalue weighted by molar-refractivity contribution is 5.90. The Hall–Kier alpha value is -3.86. The van der Waals surface area contributed by atoms with Gasteiger partial charge in [0.1, 0.15) is 19.2 Å². The maximum Gasteiger partial charge on any atom is 0.408 e. The molecule has 1 amide bonds. The summed E-state index contributed by atoms with van der Waals surface area (Å²) in [4.78, 5) is 40.8. The number of carboxylic acids is 1. The lowest BCUT2D eigenvalue weighted by molar-refractivity contribution is -0.139. The number of benzene rings is 1. The van der Waals surface area contributed by atoms with E-state index in [0.717, 1.165) is 15.9 Å². The SMILES string of the molecule is Cl.O=C(O)CC(NC(=O)OCc1ccccc1)C(=O)Cn1nnc(Cc2cccnc2)n1. The van der Waals surface area contributed by atoms with Crippen molar-refractivity contribution in [2.24, 2.45) is 0 Å². The van der Waals surface area contributed by atoms with Crippen LogP contribution in [0.25, 0.3) is 0 Å². The van der Waals surface area contributed by atoms with Crippen LogP contribution in [0.4, 0.5) is 4.79 Å². The normalized spacial score (nSPS) is 11.1. The first-order valence-corrected chi connectivity index (χ1v) is 9.37. The number of carbonyl (C=O) groups is 3. The Labute approximate surface area is 189 Å². The van der Waals surface area contributed by atoms with Gasteiger partial charge < -0.3 is 15.2 Å². The van der Waals surface area contributed by atoms with Crippen LogP contribution in [-0.4, -0.2) is 54.2 Å². The fraction of sp³-hybridized carbons (Fsp3) is 0.250. The Morgan fingerprint density at radius 3 is 2.53 bits per heavy atom. The predicted molar refractivity (Wildman–Crippen MR) is 113 cm³/mol. The van der Waals surface area contributed by atoms with Crippen molar-refractivity contribution < 1.29 is 24.2 Å². The number of tetrazole rings is 1. The second-order valence-corrected chi connectivity index (χ2v) is 6.60. The molecule has 0 fully saturated rings. The standard InChI is InChI=1S/C20H20N6O5.ClH/c27-17(12-26-24-18(23-25-26)9-15-7-4-8-21-11-15)16(10-19(28)29)22-20(30)31-13-14-5-2-1-3-6-14;/h1-8,11,16H,9-10,12-13H2,(H,22,30)(H,28,29);1H. The van der Waals surface area contributed by atoms with E-state index in [1.54, 1.807) is 42.7 Å². The first-order chi connectivity index (χ1) is 15.0. The fourth-order valence-corrected chi connectivity index (χ4v) is 2.68. The average Bonchev–Trinajstić information content (AvgIpc) is 3.19. The number of aliphatic carboxylic acids is 1. The quantitative estimate of drug-likeness (QED) is 0.457. The van der Waals surface area contributed by atoms with E-state index in [9.17, 15) is 14.4 Å². The molecule has 0 saturated carbocycles. The van der Waals surface area contributed by atoms with E-state index in [1.807, 2.05) is 12.1 Å². The zero-order valence-corrected chi connectivity index (χ0v) is 17.6. The Bertz CT molecular complexity index is 1030. The van der Waals surface area contributed by atoms with E-state index in [2.05, 4.69) is 25.7 Å². The van der Waals surface area contributed by atoms with E-state index < -0.39 is 30.3 Å². The molecule has 0 spiro atoms. The molecule has 0 aliphatic heterocycles. The Balaban J connectivity index is 0.00000363. The van der Waals surface area contributed by atoms with Crippen LogP contribution in [0.3, 0.4) is 0 Å². The Morgan fingerprint density at radius 1 is 1.09 bits per heavy atom. The molecular weight excluding hydrogens is 440 g/mol. The van der Waals surface area contributed by atoms with Crippen molar-refractivity contribution in [2.75, 3.05) is 0 Å². The van der Waals surface area contributed by atoms with Crippen molar-refractivity contribution in [3.63, 3.8) is 0 Å². The van der Waals surface area contributed by atoms with Crippen LogP contribution in [0.15, 0.2) is 54.9 Å². The van der Waals surface area contributed by atoms with E-state index in [-0.39, 0.29) is 25.6 Å². The smallest absolute Gasteiger partial charge is 0.408 e. The molecule has 2 N–H and O–H groups in total. The molecule has 32 heavy (non-hydrogen) atoms. The van der Waals surface area contributed by atoms with Gasteiger partial charge in [0.05, 0.1) is 6.42 Å². The van der Waals surface area contributed by atoms with Gasteiger partial charge in [0.25, 0.3) is 0 Å². The molecule has 0 bridgehead atoms. The minimum Gasteiger partial charge on any atom is -0.481 e. The van der Waals surface area contributed by atoms with Gasteiger partial charge in [-0.05, 0) is 22.4 Å². The molecule has 2 aromatic heterocycles. The number of amides is 1. The number of halogens is 1. The lowest BCUT2D eigenvalue weighted by Crippen LogP contribution is -2.44. The van der Waals surface area contributed by atoms with Crippen molar-refractivity contribution >= 4 is 30.3 Å². The van der Waals surface area contributed by atoms with Crippen molar-refractivity contribution in [1.82, 2.24) is 30.5 Å². The summed E-state index contributed by atoms with van der Waals surface area (Å²) in [6, 6.07) is 11.3. The third-order valence-corrected chi connectivity index (χ3v) is 4.15. The zero-order chi connectivity index (χ0) is 22.1. The molecule has 2 heterocycles. The number of Topliss-reactive ketones (excluding diaryl/α,β-unsaturated/α-hetero) is 1. The molecule has 3 rings (SSSR count). The van der Waals surface area contributed by atoms with E-state index in [0.29, 0.717) is 12.2 Å². The highest BCUT2D eigenvalue weighted by Gasteiger charge is 2.25. The highest BCUT2D eigenvalue weighted by atomic mass is 35.5. The molecule has 3 aromatic rings. The van der Waals surface area contributed by atoms with E-state index in [4.69, 9.17) is 9.84 Å². The minimum absolute atomic E-state index is 0. The van der Waals surface area contributed by atoms with Crippen LogP contribution in [0.1, 0.15) is 23.4 Å². The third kappa shape index (κ3) is 7.76. The number of ether oxygens (including phenoxy) is 1. The second-order valence-electron chi connectivity index (χ2n) is 6.60. The number of nitrogens with zero attached hydrogens (tertiary/aromatic N) is 5.